The second kappa shape index (κ2) is 7.83. The van der Waals surface area contributed by atoms with Gasteiger partial charge >= 0.3 is 0 Å². The van der Waals surface area contributed by atoms with Crippen LogP contribution in [0.15, 0.2) is 49.1 Å². The number of amides is 1. The number of aromatic nitrogens is 4. The molecule has 1 aliphatic carbocycles. The van der Waals surface area contributed by atoms with Crippen LogP contribution in [0, 0.1) is 0 Å². The largest absolute Gasteiger partial charge is 0.353 e. The number of nitrogens with one attached hydrogen (secondary N) is 1. The van der Waals surface area contributed by atoms with E-state index in [0.717, 1.165) is 50.4 Å². The number of aryl methyl sites for hydroxylation is 1. The first kappa shape index (κ1) is 18.1. The van der Waals surface area contributed by atoms with Crippen LogP contribution in [0.4, 0.5) is 0 Å². The Morgan fingerprint density at radius 3 is 2.79 bits per heavy atom. The maximum absolute atomic E-state index is 11.9. The third-order valence-electron chi connectivity index (χ3n) is 5.62. The van der Waals surface area contributed by atoms with Gasteiger partial charge < -0.3 is 9.88 Å². The lowest BCUT2D eigenvalue weighted by Gasteiger charge is -2.27. The van der Waals surface area contributed by atoms with Crippen molar-refractivity contribution in [3.63, 3.8) is 0 Å². The molecule has 7 nitrogen and oxygen atoms in total. The van der Waals surface area contributed by atoms with Gasteiger partial charge in [0.2, 0.25) is 5.91 Å². The van der Waals surface area contributed by atoms with Crippen molar-refractivity contribution in [3.05, 3.63) is 66.0 Å². The molecule has 29 heavy (non-hydrogen) atoms. The van der Waals surface area contributed by atoms with Crippen molar-refractivity contribution in [3.8, 4) is 5.69 Å². The van der Waals surface area contributed by atoms with E-state index in [4.69, 9.17) is 5.10 Å². The molecule has 2 aliphatic rings. The van der Waals surface area contributed by atoms with E-state index in [1.807, 2.05) is 17.1 Å². The van der Waals surface area contributed by atoms with Crippen LogP contribution in [-0.2, 0) is 30.8 Å². The molecule has 0 saturated heterocycles. The van der Waals surface area contributed by atoms with Crippen molar-refractivity contribution < 1.29 is 4.79 Å². The van der Waals surface area contributed by atoms with Gasteiger partial charge in [0.25, 0.3) is 0 Å². The molecular weight excluding hydrogens is 364 g/mol. The van der Waals surface area contributed by atoms with Gasteiger partial charge in [0.1, 0.15) is 0 Å². The number of benzene rings is 1. The zero-order valence-electron chi connectivity index (χ0n) is 16.5. The van der Waals surface area contributed by atoms with Crippen LogP contribution in [0.3, 0.4) is 0 Å². The second-order valence-electron chi connectivity index (χ2n) is 8.04. The normalized spacial score (nSPS) is 16.6. The number of hydrogen-bond donors (Lipinski definition) is 1. The molecule has 0 bridgehead atoms. The molecule has 150 valence electrons. The predicted molar refractivity (Wildman–Crippen MR) is 109 cm³/mol. The summed E-state index contributed by atoms with van der Waals surface area (Å²) in [6.07, 6.45) is 9.06. The molecule has 3 aromatic rings. The summed E-state index contributed by atoms with van der Waals surface area (Å²) in [5.41, 5.74) is 4.69. The van der Waals surface area contributed by atoms with E-state index in [1.165, 1.54) is 11.3 Å². The van der Waals surface area contributed by atoms with Gasteiger partial charge in [0.05, 0.1) is 24.3 Å². The first-order chi connectivity index (χ1) is 14.2. The fourth-order valence-electron chi connectivity index (χ4n) is 3.85. The Labute approximate surface area is 170 Å². The summed E-state index contributed by atoms with van der Waals surface area (Å²) in [5, 5.41) is 7.75. The van der Waals surface area contributed by atoms with Crippen LogP contribution in [0.2, 0.25) is 0 Å². The van der Waals surface area contributed by atoms with Gasteiger partial charge in [-0.05, 0) is 36.6 Å². The Morgan fingerprint density at radius 2 is 2.03 bits per heavy atom. The summed E-state index contributed by atoms with van der Waals surface area (Å²) in [6, 6.07) is 11.2. The molecule has 1 saturated carbocycles. The lowest BCUT2D eigenvalue weighted by Crippen LogP contribution is -2.33. The second-order valence-corrected chi connectivity index (χ2v) is 8.04. The fraction of sp³-hybridized carbons (Fsp3) is 0.409. The minimum absolute atomic E-state index is 0.152. The number of nitrogens with zero attached hydrogens (tertiary/aromatic N) is 5. The zero-order valence-corrected chi connectivity index (χ0v) is 16.5. The fourth-order valence-corrected chi connectivity index (χ4v) is 3.85. The molecule has 3 heterocycles. The molecule has 2 aromatic heterocycles. The maximum Gasteiger partial charge on any atom is 0.220 e. The highest BCUT2D eigenvalue weighted by Crippen LogP contribution is 2.20. The average Bonchev–Trinajstić information content (AvgIpc) is 3.21. The molecule has 1 amide bonds. The van der Waals surface area contributed by atoms with Crippen molar-refractivity contribution in [1.82, 2.24) is 29.5 Å². The molecule has 0 spiro atoms. The number of rotatable bonds is 7. The SMILES string of the molecule is O=C(CCc1cc2n(n1)CCN(Cc1ccc(-n3ccnc3)cc1)C2)NC1CC1. The molecule has 0 radical (unpaired) electrons. The minimum Gasteiger partial charge on any atom is -0.353 e. The Kier molecular flexibility index (Phi) is 4.89. The molecule has 7 heteroatoms. The number of hydrogen-bond acceptors (Lipinski definition) is 4. The molecule has 1 N–H and O–H groups in total. The van der Waals surface area contributed by atoms with E-state index in [-0.39, 0.29) is 5.91 Å². The van der Waals surface area contributed by atoms with Gasteiger partial charge in [-0.1, -0.05) is 12.1 Å². The number of fused-ring (bicyclic) bond motifs is 1. The summed E-state index contributed by atoms with van der Waals surface area (Å²) < 4.78 is 4.11. The van der Waals surface area contributed by atoms with Crippen molar-refractivity contribution in [1.29, 1.82) is 0 Å². The Bertz CT molecular complexity index is 971. The summed E-state index contributed by atoms with van der Waals surface area (Å²) in [7, 11) is 0. The molecule has 1 aliphatic heterocycles. The van der Waals surface area contributed by atoms with E-state index < -0.39 is 0 Å². The van der Waals surface area contributed by atoms with E-state index in [9.17, 15) is 4.79 Å². The van der Waals surface area contributed by atoms with E-state index in [2.05, 4.69) is 50.2 Å². The van der Waals surface area contributed by atoms with E-state index >= 15 is 0 Å². The summed E-state index contributed by atoms with van der Waals surface area (Å²) >= 11 is 0. The number of carbonyl (C=O) groups excluding carboxylic acids is 1. The lowest BCUT2D eigenvalue weighted by atomic mass is 10.1. The van der Waals surface area contributed by atoms with Crippen LogP contribution in [0.5, 0.6) is 0 Å². The molecular formula is C22H26N6O. The molecule has 0 atom stereocenters. The van der Waals surface area contributed by atoms with E-state index in [1.54, 1.807) is 6.20 Å². The Balaban J connectivity index is 1.16. The predicted octanol–water partition coefficient (Wildman–Crippen LogP) is 2.30. The Morgan fingerprint density at radius 1 is 1.17 bits per heavy atom. The third-order valence-corrected chi connectivity index (χ3v) is 5.62. The van der Waals surface area contributed by atoms with Gasteiger partial charge in [-0.2, -0.15) is 5.10 Å². The number of imidazole rings is 1. The quantitative estimate of drug-likeness (QED) is 0.672. The van der Waals surface area contributed by atoms with Gasteiger partial charge in [-0.25, -0.2) is 4.98 Å². The first-order valence-corrected chi connectivity index (χ1v) is 10.4. The van der Waals surface area contributed by atoms with Gasteiger partial charge in [-0.15, -0.1) is 0 Å². The highest BCUT2D eigenvalue weighted by Gasteiger charge is 2.23. The van der Waals surface area contributed by atoms with Crippen LogP contribution in [0.1, 0.15) is 36.2 Å². The minimum atomic E-state index is 0.152. The standard InChI is InChI=1S/C22H26N6O/c29-22(24-18-3-4-18)8-5-19-13-21-15-26(11-12-28(21)25-19)14-17-1-6-20(7-2-17)27-10-9-23-16-27/h1-2,6-7,9-10,13,16,18H,3-5,8,11-12,14-15H2,(H,24,29). The van der Waals surface area contributed by atoms with Crippen LogP contribution in [-0.4, -0.2) is 42.7 Å². The van der Waals surface area contributed by atoms with Crippen molar-refractivity contribution in [2.75, 3.05) is 6.54 Å². The zero-order chi connectivity index (χ0) is 19.6. The highest BCUT2D eigenvalue weighted by atomic mass is 16.1. The van der Waals surface area contributed by atoms with E-state index in [0.29, 0.717) is 18.9 Å². The first-order valence-electron chi connectivity index (χ1n) is 10.4. The van der Waals surface area contributed by atoms with Gasteiger partial charge in [-0.3, -0.25) is 14.4 Å². The monoisotopic (exact) mass is 390 g/mol. The summed E-state index contributed by atoms with van der Waals surface area (Å²) in [4.78, 5) is 18.5. The van der Waals surface area contributed by atoms with Crippen LogP contribution >= 0.6 is 0 Å². The van der Waals surface area contributed by atoms with Crippen molar-refractivity contribution in [2.45, 2.75) is 51.4 Å². The highest BCUT2D eigenvalue weighted by molar-refractivity contribution is 5.76. The van der Waals surface area contributed by atoms with Gasteiger partial charge in [0, 0.05) is 56.6 Å². The molecule has 0 unspecified atom stereocenters. The molecule has 1 aromatic carbocycles. The van der Waals surface area contributed by atoms with Crippen LogP contribution in [0.25, 0.3) is 5.69 Å². The molecule has 5 rings (SSSR count). The maximum atomic E-state index is 11.9. The third kappa shape index (κ3) is 4.40. The Hall–Kier alpha value is -2.93. The molecule has 1 fully saturated rings. The lowest BCUT2D eigenvalue weighted by molar-refractivity contribution is -0.121. The smallest absolute Gasteiger partial charge is 0.220 e. The van der Waals surface area contributed by atoms with Crippen molar-refractivity contribution >= 4 is 5.91 Å². The van der Waals surface area contributed by atoms with Crippen LogP contribution < -0.4 is 5.32 Å². The van der Waals surface area contributed by atoms with Gasteiger partial charge in [0.15, 0.2) is 0 Å². The topological polar surface area (TPSA) is 68.0 Å². The van der Waals surface area contributed by atoms with Crippen molar-refractivity contribution in [2.24, 2.45) is 0 Å². The summed E-state index contributed by atoms with van der Waals surface area (Å²) in [5.74, 6) is 0.152. The average molecular weight is 390 g/mol. The summed E-state index contributed by atoms with van der Waals surface area (Å²) in [6.45, 7) is 3.70. The number of carbonyl (C=O) groups is 1.